The summed E-state index contributed by atoms with van der Waals surface area (Å²) >= 11 is 5.56. The summed E-state index contributed by atoms with van der Waals surface area (Å²) in [4.78, 5) is 3.67. The number of aromatic nitrogens is 1. The van der Waals surface area contributed by atoms with Crippen molar-refractivity contribution in [2.75, 3.05) is 5.75 Å². The molecule has 0 radical (unpaired) electrons. The normalized spacial score (nSPS) is 13.9. The van der Waals surface area contributed by atoms with E-state index in [1.165, 1.54) is 25.3 Å². The molecule has 0 aliphatic rings. The fourth-order valence-corrected chi connectivity index (χ4v) is 2.36. The highest BCUT2D eigenvalue weighted by Gasteiger charge is 2.18. The molecule has 4 nitrogen and oxygen atoms in total. The second-order valence-electron chi connectivity index (χ2n) is 2.95. The minimum absolute atomic E-state index is 0.0669. The molecule has 1 rings (SSSR count). The van der Waals surface area contributed by atoms with Crippen molar-refractivity contribution in [1.82, 2.24) is 4.98 Å². The molecule has 0 unspecified atom stereocenters. The van der Waals surface area contributed by atoms with Crippen molar-refractivity contribution in [3.05, 3.63) is 23.4 Å². The zero-order valence-corrected chi connectivity index (χ0v) is 9.09. The van der Waals surface area contributed by atoms with Gasteiger partial charge in [0.15, 0.2) is 14.9 Å². The van der Waals surface area contributed by atoms with Crippen LogP contribution in [0.2, 0.25) is 5.02 Å². The highest BCUT2D eigenvalue weighted by molar-refractivity contribution is 7.91. The number of pyridine rings is 1. The van der Waals surface area contributed by atoms with Crippen molar-refractivity contribution >= 4 is 21.4 Å². The lowest BCUT2D eigenvalue weighted by atomic mass is 10.5. The third kappa shape index (κ3) is 2.94. The van der Waals surface area contributed by atoms with Gasteiger partial charge in [0.25, 0.3) is 0 Å². The number of sulfone groups is 1. The molecule has 1 aromatic rings. The minimum atomic E-state index is -3.50. The summed E-state index contributed by atoms with van der Waals surface area (Å²) < 4.78 is 23.0. The van der Waals surface area contributed by atoms with Crippen LogP contribution in [0, 0.1) is 0 Å². The zero-order valence-electron chi connectivity index (χ0n) is 7.51. The van der Waals surface area contributed by atoms with E-state index in [4.69, 9.17) is 16.7 Å². The van der Waals surface area contributed by atoms with Crippen LogP contribution in [0.3, 0.4) is 0 Å². The molecule has 0 aromatic carbocycles. The number of hydrogen-bond acceptors (Lipinski definition) is 4. The van der Waals surface area contributed by atoms with Crippen molar-refractivity contribution < 1.29 is 13.5 Å². The van der Waals surface area contributed by atoms with E-state index in [0.717, 1.165) is 0 Å². The maximum atomic E-state index is 11.5. The average molecular weight is 236 g/mol. The molecule has 0 fully saturated rings. The summed E-state index contributed by atoms with van der Waals surface area (Å²) in [7, 11) is -3.50. The van der Waals surface area contributed by atoms with Gasteiger partial charge in [-0.1, -0.05) is 11.6 Å². The summed E-state index contributed by atoms with van der Waals surface area (Å²) in [5.41, 5.74) is 0. The van der Waals surface area contributed by atoms with Crippen LogP contribution >= 0.6 is 11.6 Å². The van der Waals surface area contributed by atoms with Crippen molar-refractivity contribution in [1.29, 1.82) is 0 Å². The number of aliphatic hydroxyl groups is 1. The Labute approximate surface area is 87.5 Å². The van der Waals surface area contributed by atoms with Gasteiger partial charge in [0.1, 0.15) is 0 Å². The van der Waals surface area contributed by atoms with E-state index >= 15 is 0 Å². The molecule has 78 valence electrons. The van der Waals surface area contributed by atoms with Crippen molar-refractivity contribution in [2.45, 2.75) is 18.1 Å². The molecule has 1 atom stereocenters. The van der Waals surface area contributed by atoms with Gasteiger partial charge in [-0.3, -0.25) is 0 Å². The molecule has 14 heavy (non-hydrogen) atoms. The predicted molar refractivity (Wildman–Crippen MR) is 53.0 cm³/mol. The summed E-state index contributed by atoms with van der Waals surface area (Å²) in [5, 5.41) is 9.28. The number of rotatable bonds is 3. The zero-order chi connectivity index (χ0) is 10.8. The molecular formula is C8H10ClNO3S. The van der Waals surface area contributed by atoms with E-state index in [2.05, 4.69) is 4.98 Å². The Hall–Kier alpha value is -0.650. The molecule has 1 aromatic heterocycles. The largest absolute Gasteiger partial charge is 0.392 e. The quantitative estimate of drug-likeness (QED) is 0.845. The number of halogens is 1. The summed E-state index contributed by atoms with van der Waals surface area (Å²) in [6.45, 7) is 1.41. The maximum Gasteiger partial charge on any atom is 0.198 e. The summed E-state index contributed by atoms with van der Waals surface area (Å²) in [5.74, 6) is -0.332. The number of nitrogens with zero attached hydrogens (tertiary/aromatic N) is 1. The van der Waals surface area contributed by atoms with Crippen LogP contribution in [0.5, 0.6) is 0 Å². The Balaban J connectivity index is 2.99. The van der Waals surface area contributed by atoms with Crippen LogP contribution in [-0.2, 0) is 9.84 Å². The van der Waals surface area contributed by atoms with Gasteiger partial charge >= 0.3 is 0 Å². The molecule has 0 aliphatic heterocycles. The first-order valence-electron chi connectivity index (χ1n) is 3.94. The topological polar surface area (TPSA) is 67.3 Å². The Kier molecular flexibility index (Phi) is 3.47. The molecule has 0 aliphatic carbocycles. The SMILES string of the molecule is C[C@H](O)CS(=O)(=O)c1ccc(Cl)cn1. The fraction of sp³-hybridized carbons (Fsp3) is 0.375. The van der Waals surface area contributed by atoms with E-state index in [1.54, 1.807) is 0 Å². The molecular weight excluding hydrogens is 226 g/mol. The second-order valence-corrected chi connectivity index (χ2v) is 5.36. The highest BCUT2D eigenvalue weighted by atomic mass is 35.5. The van der Waals surface area contributed by atoms with Gasteiger partial charge in [-0.05, 0) is 19.1 Å². The molecule has 0 spiro atoms. The molecule has 1 N–H and O–H groups in total. The van der Waals surface area contributed by atoms with Gasteiger partial charge < -0.3 is 5.11 Å². The van der Waals surface area contributed by atoms with Gasteiger partial charge in [0, 0.05) is 6.20 Å². The lowest BCUT2D eigenvalue weighted by Gasteiger charge is -2.05. The molecule has 0 saturated carbocycles. The monoisotopic (exact) mass is 235 g/mol. The smallest absolute Gasteiger partial charge is 0.198 e. The first-order valence-corrected chi connectivity index (χ1v) is 5.97. The standard InChI is InChI=1S/C8H10ClNO3S/c1-6(11)5-14(12,13)8-3-2-7(9)4-10-8/h2-4,6,11H,5H2,1H3/t6-/m0/s1. The maximum absolute atomic E-state index is 11.5. The van der Waals surface area contributed by atoms with Crippen LogP contribution in [-0.4, -0.2) is 30.4 Å². The third-order valence-electron chi connectivity index (χ3n) is 1.48. The highest BCUT2D eigenvalue weighted by Crippen LogP contribution is 2.12. The summed E-state index contributed by atoms with van der Waals surface area (Å²) in [6, 6.07) is 2.77. The summed E-state index contributed by atoms with van der Waals surface area (Å²) in [6.07, 6.45) is 0.355. The number of aliphatic hydroxyl groups excluding tert-OH is 1. The molecule has 0 amide bonds. The van der Waals surface area contributed by atoms with E-state index < -0.39 is 15.9 Å². The lowest BCUT2D eigenvalue weighted by molar-refractivity contribution is 0.218. The fourth-order valence-electron chi connectivity index (χ4n) is 0.949. The average Bonchev–Trinajstić information content (AvgIpc) is 2.02. The second kappa shape index (κ2) is 4.25. The van der Waals surface area contributed by atoms with E-state index in [0.29, 0.717) is 5.02 Å². The Bertz CT molecular complexity index is 399. The molecule has 6 heteroatoms. The number of hydrogen-bond donors (Lipinski definition) is 1. The molecule has 0 saturated heterocycles. The molecule has 0 bridgehead atoms. The Morgan fingerprint density at radius 1 is 1.57 bits per heavy atom. The van der Waals surface area contributed by atoms with Crippen molar-refractivity contribution in [3.63, 3.8) is 0 Å². The first kappa shape index (κ1) is 11.4. The van der Waals surface area contributed by atoms with Gasteiger partial charge in [-0.25, -0.2) is 13.4 Å². The van der Waals surface area contributed by atoms with Gasteiger partial charge in [0.05, 0.1) is 16.9 Å². The van der Waals surface area contributed by atoms with Crippen molar-refractivity contribution in [3.8, 4) is 0 Å². The molecule has 1 heterocycles. The van der Waals surface area contributed by atoms with Crippen LogP contribution in [0.15, 0.2) is 23.4 Å². The van der Waals surface area contributed by atoms with E-state index in [1.807, 2.05) is 0 Å². The minimum Gasteiger partial charge on any atom is -0.392 e. The van der Waals surface area contributed by atoms with Gasteiger partial charge in [0.2, 0.25) is 0 Å². The van der Waals surface area contributed by atoms with Gasteiger partial charge in [-0.2, -0.15) is 0 Å². The predicted octanol–water partition coefficient (Wildman–Crippen LogP) is 0.890. The Morgan fingerprint density at radius 3 is 2.64 bits per heavy atom. The van der Waals surface area contributed by atoms with Gasteiger partial charge in [-0.15, -0.1) is 0 Å². The van der Waals surface area contributed by atoms with E-state index in [9.17, 15) is 8.42 Å². The third-order valence-corrected chi connectivity index (χ3v) is 3.50. The van der Waals surface area contributed by atoms with Crippen LogP contribution in [0.4, 0.5) is 0 Å². The van der Waals surface area contributed by atoms with Crippen LogP contribution in [0.1, 0.15) is 6.92 Å². The Morgan fingerprint density at radius 2 is 2.21 bits per heavy atom. The van der Waals surface area contributed by atoms with Crippen LogP contribution < -0.4 is 0 Å². The van der Waals surface area contributed by atoms with Crippen molar-refractivity contribution in [2.24, 2.45) is 0 Å². The van der Waals surface area contributed by atoms with E-state index in [-0.39, 0.29) is 10.8 Å². The van der Waals surface area contributed by atoms with Crippen LogP contribution in [0.25, 0.3) is 0 Å². The lowest BCUT2D eigenvalue weighted by Crippen LogP contribution is -2.18. The first-order chi connectivity index (χ1) is 6.42.